The Bertz CT molecular complexity index is 944. The van der Waals surface area contributed by atoms with Gasteiger partial charge in [-0.15, -0.1) is 0 Å². The van der Waals surface area contributed by atoms with Crippen LogP contribution >= 0.6 is 0 Å². The molecular formula is C26H32O6. The first kappa shape index (κ1) is 23.8. The molecule has 2 aliphatic rings. The van der Waals surface area contributed by atoms with Gasteiger partial charge in [-0.25, -0.2) is 0 Å². The van der Waals surface area contributed by atoms with E-state index in [0.29, 0.717) is 5.56 Å². The van der Waals surface area contributed by atoms with Crippen LogP contribution < -0.4 is 0 Å². The van der Waals surface area contributed by atoms with Gasteiger partial charge in [-0.3, -0.25) is 14.4 Å². The minimum absolute atomic E-state index is 0.0261. The summed E-state index contributed by atoms with van der Waals surface area (Å²) in [5, 5.41) is 22.0. The lowest BCUT2D eigenvalue weighted by molar-refractivity contribution is -0.143. The molecular weight excluding hydrogens is 408 g/mol. The fourth-order valence-electron chi connectivity index (χ4n) is 5.04. The third kappa shape index (κ3) is 4.64. The molecule has 32 heavy (non-hydrogen) atoms. The maximum absolute atomic E-state index is 13.3. The summed E-state index contributed by atoms with van der Waals surface area (Å²) in [5.41, 5.74) is -0.299. The van der Waals surface area contributed by atoms with Gasteiger partial charge in [-0.2, -0.15) is 0 Å². The van der Waals surface area contributed by atoms with E-state index < -0.39 is 28.6 Å². The van der Waals surface area contributed by atoms with Gasteiger partial charge in [-0.1, -0.05) is 58.0 Å². The average molecular weight is 441 g/mol. The Labute approximate surface area is 189 Å². The van der Waals surface area contributed by atoms with Crippen LogP contribution in [-0.2, 0) is 19.1 Å². The van der Waals surface area contributed by atoms with Crippen molar-refractivity contribution in [3.8, 4) is 0 Å². The van der Waals surface area contributed by atoms with Crippen LogP contribution in [0.3, 0.4) is 0 Å². The molecule has 0 fully saturated rings. The Kier molecular flexibility index (Phi) is 6.36. The number of Topliss-reactive ketones (excluding diaryl/α,β-unsaturated/α-hetero) is 2. The van der Waals surface area contributed by atoms with Gasteiger partial charge in [0, 0.05) is 42.7 Å². The summed E-state index contributed by atoms with van der Waals surface area (Å²) in [7, 11) is 1.25. The second-order valence-corrected chi connectivity index (χ2v) is 10.5. The van der Waals surface area contributed by atoms with Crippen molar-refractivity contribution in [1.82, 2.24) is 0 Å². The molecule has 1 aromatic rings. The molecule has 0 saturated heterocycles. The van der Waals surface area contributed by atoms with E-state index in [1.807, 2.05) is 27.7 Å². The van der Waals surface area contributed by atoms with Crippen molar-refractivity contribution in [2.75, 3.05) is 7.11 Å². The topological polar surface area (TPSA) is 101 Å². The molecule has 6 heteroatoms. The third-order valence-corrected chi connectivity index (χ3v) is 6.36. The number of carbonyl (C=O) groups is 3. The summed E-state index contributed by atoms with van der Waals surface area (Å²) in [6.07, 6.45) is 0.806. The van der Waals surface area contributed by atoms with Crippen molar-refractivity contribution in [1.29, 1.82) is 0 Å². The van der Waals surface area contributed by atoms with E-state index in [-0.39, 0.29) is 59.9 Å². The highest BCUT2D eigenvalue weighted by Gasteiger charge is 2.48. The Balaban J connectivity index is 2.31. The minimum atomic E-state index is -1.13. The van der Waals surface area contributed by atoms with Crippen molar-refractivity contribution in [3.05, 3.63) is 58.6 Å². The smallest absolute Gasteiger partial charge is 0.314 e. The quantitative estimate of drug-likeness (QED) is 0.628. The predicted octanol–water partition coefficient (Wildman–Crippen LogP) is 4.96. The number of aliphatic hydroxyl groups is 2. The molecule has 0 saturated carbocycles. The Morgan fingerprint density at radius 2 is 1.28 bits per heavy atom. The molecule has 2 N–H and O–H groups in total. The maximum Gasteiger partial charge on any atom is 0.314 e. The lowest BCUT2D eigenvalue weighted by atomic mass is 9.64. The number of methoxy groups -OCH3 is 1. The van der Waals surface area contributed by atoms with Gasteiger partial charge >= 0.3 is 5.97 Å². The average Bonchev–Trinajstić information content (AvgIpc) is 2.65. The second-order valence-electron chi connectivity index (χ2n) is 10.5. The SMILES string of the molecule is COC(=O)[C@@H](c1ccccc1)C(C1=C(O)CC(C)(C)CC1=O)C1=C(O)CC(C)(C)CC1=O. The predicted molar refractivity (Wildman–Crippen MR) is 120 cm³/mol. The van der Waals surface area contributed by atoms with Crippen molar-refractivity contribution < 1.29 is 29.3 Å². The number of carbonyl (C=O) groups excluding carboxylic acids is 3. The lowest BCUT2D eigenvalue weighted by Gasteiger charge is -2.38. The molecule has 0 aliphatic heterocycles. The molecule has 0 amide bonds. The van der Waals surface area contributed by atoms with Gasteiger partial charge in [0.25, 0.3) is 0 Å². The fraction of sp³-hybridized carbons (Fsp3) is 0.500. The Morgan fingerprint density at radius 3 is 1.66 bits per heavy atom. The summed E-state index contributed by atoms with van der Waals surface area (Å²) in [6.45, 7) is 7.53. The molecule has 0 unspecified atom stereocenters. The van der Waals surface area contributed by atoms with Gasteiger partial charge in [0.05, 0.1) is 13.0 Å². The summed E-state index contributed by atoms with van der Waals surface area (Å²) >= 11 is 0. The van der Waals surface area contributed by atoms with E-state index >= 15 is 0 Å². The molecule has 0 aromatic heterocycles. The molecule has 1 aromatic carbocycles. The number of esters is 1. The number of aliphatic hydroxyl groups excluding tert-OH is 2. The first-order valence-electron chi connectivity index (χ1n) is 10.9. The highest BCUT2D eigenvalue weighted by Crippen LogP contribution is 2.48. The largest absolute Gasteiger partial charge is 0.512 e. The Hall–Kier alpha value is -2.89. The summed E-state index contributed by atoms with van der Waals surface area (Å²) in [4.78, 5) is 39.7. The van der Waals surface area contributed by atoms with Crippen LogP contribution in [0.2, 0.25) is 0 Å². The highest BCUT2D eigenvalue weighted by atomic mass is 16.5. The summed E-state index contributed by atoms with van der Waals surface area (Å²) < 4.78 is 5.08. The van der Waals surface area contributed by atoms with Crippen LogP contribution in [0, 0.1) is 16.7 Å². The van der Waals surface area contributed by atoms with Crippen LogP contribution in [0.15, 0.2) is 53.0 Å². The molecule has 0 bridgehead atoms. The molecule has 6 nitrogen and oxygen atoms in total. The first-order valence-corrected chi connectivity index (χ1v) is 10.9. The van der Waals surface area contributed by atoms with Crippen LogP contribution in [0.4, 0.5) is 0 Å². The van der Waals surface area contributed by atoms with Crippen molar-refractivity contribution in [2.45, 2.75) is 59.3 Å². The van der Waals surface area contributed by atoms with Crippen LogP contribution in [0.1, 0.15) is 64.9 Å². The molecule has 3 rings (SSSR count). The number of ether oxygens (including phenoxy) is 1. The van der Waals surface area contributed by atoms with E-state index in [0.717, 1.165) is 0 Å². The standard InChI is InChI=1S/C26H32O6/c1-25(2)11-16(27)21(17(28)12-25)23(22-18(29)13-26(3,4)14-19(22)30)20(24(31)32-5)15-9-7-6-8-10-15/h6-10,20,23,27,29H,11-14H2,1-5H3/t20-/m0/s1. The zero-order valence-electron chi connectivity index (χ0n) is 19.4. The van der Waals surface area contributed by atoms with E-state index in [4.69, 9.17) is 4.74 Å². The number of rotatable bonds is 5. The molecule has 172 valence electrons. The minimum Gasteiger partial charge on any atom is -0.512 e. The number of benzene rings is 1. The molecule has 2 aliphatic carbocycles. The molecule has 0 spiro atoms. The molecule has 0 radical (unpaired) electrons. The summed E-state index contributed by atoms with van der Waals surface area (Å²) in [5.74, 6) is -3.77. The lowest BCUT2D eigenvalue weighted by Crippen LogP contribution is -2.39. The third-order valence-electron chi connectivity index (χ3n) is 6.36. The molecule has 0 heterocycles. The van der Waals surface area contributed by atoms with Crippen molar-refractivity contribution >= 4 is 17.5 Å². The van der Waals surface area contributed by atoms with Gasteiger partial charge in [0.15, 0.2) is 11.6 Å². The van der Waals surface area contributed by atoms with E-state index in [9.17, 15) is 24.6 Å². The zero-order chi connectivity index (χ0) is 23.8. The van der Waals surface area contributed by atoms with Crippen molar-refractivity contribution in [3.63, 3.8) is 0 Å². The number of ketones is 2. The van der Waals surface area contributed by atoms with Gasteiger partial charge in [0.2, 0.25) is 0 Å². The van der Waals surface area contributed by atoms with E-state index in [1.165, 1.54) is 7.11 Å². The van der Waals surface area contributed by atoms with Gasteiger partial charge in [-0.05, 0) is 16.4 Å². The van der Waals surface area contributed by atoms with Crippen LogP contribution in [0.25, 0.3) is 0 Å². The molecule has 1 atom stereocenters. The highest BCUT2D eigenvalue weighted by molar-refractivity contribution is 6.05. The second kappa shape index (κ2) is 8.57. The Morgan fingerprint density at radius 1 is 0.844 bits per heavy atom. The van der Waals surface area contributed by atoms with Crippen LogP contribution in [-0.4, -0.2) is 34.9 Å². The van der Waals surface area contributed by atoms with Gasteiger partial charge in [0.1, 0.15) is 11.5 Å². The number of allylic oxidation sites excluding steroid dienone is 4. The van der Waals surface area contributed by atoms with Crippen LogP contribution in [0.5, 0.6) is 0 Å². The first-order chi connectivity index (χ1) is 14.9. The van der Waals surface area contributed by atoms with E-state index in [2.05, 4.69) is 0 Å². The number of hydrogen-bond donors (Lipinski definition) is 2. The zero-order valence-corrected chi connectivity index (χ0v) is 19.4. The normalized spacial score (nSPS) is 21.7. The van der Waals surface area contributed by atoms with E-state index in [1.54, 1.807) is 30.3 Å². The van der Waals surface area contributed by atoms with Gasteiger partial charge < -0.3 is 14.9 Å². The summed E-state index contributed by atoms with van der Waals surface area (Å²) in [6, 6.07) is 8.74. The van der Waals surface area contributed by atoms with Crippen molar-refractivity contribution in [2.24, 2.45) is 16.7 Å². The number of hydrogen-bond acceptors (Lipinski definition) is 6. The maximum atomic E-state index is 13.3. The monoisotopic (exact) mass is 440 g/mol. The fourth-order valence-corrected chi connectivity index (χ4v) is 5.04.